The number of aryl methyl sites for hydroxylation is 1. The van der Waals surface area contributed by atoms with Gasteiger partial charge in [-0.15, -0.1) is 0 Å². The molecule has 0 radical (unpaired) electrons. The Morgan fingerprint density at radius 2 is 1.47 bits per heavy atom. The number of imide groups is 1. The minimum Gasteiger partial charge on any atom is -0.502 e. The number of aromatic hydroxyl groups is 1. The molecule has 3 aromatic rings. The molecule has 3 aromatic carbocycles. The maximum absolute atomic E-state index is 13.7. The number of fused-ring (bicyclic) bond motifs is 1. The topological polar surface area (TPSA) is 88.5 Å². The van der Waals surface area contributed by atoms with Gasteiger partial charge in [-0.3, -0.25) is 14.4 Å². The Balaban J connectivity index is 1.63. The fraction of sp³-hybridized carbons (Fsp3) is 0.231. The minimum absolute atomic E-state index is 0.148. The van der Waals surface area contributed by atoms with Gasteiger partial charge in [-0.1, -0.05) is 35.9 Å². The number of rotatable bonds is 5. The van der Waals surface area contributed by atoms with E-state index in [4.69, 9.17) is 14.3 Å². The van der Waals surface area contributed by atoms with E-state index in [9.17, 15) is 14.7 Å². The summed E-state index contributed by atoms with van der Waals surface area (Å²) in [6.07, 6.45) is -0.996. The van der Waals surface area contributed by atoms with Crippen molar-refractivity contribution in [2.75, 3.05) is 24.2 Å². The van der Waals surface area contributed by atoms with Gasteiger partial charge < -0.3 is 14.6 Å². The molecule has 34 heavy (non-hydrogen) atoms. The quantitative estimate of drug-likeness (QED) is 0.580. The number of hydrogen-bond donors (Lipinski definition) is 1. The number of para-hydroxylation sites is 1. The van der Waals surface area contributed by atoms with Gasteiger partial charge in [0.25, 0.3) is 5.91 Å². The van der Waals surface area contributed by atoms with E-state index in [-0.39, 0.29) is 23.2 Å². The summed E-state index contributed by atoms with van der Waals surface area (Å²) in [6.45, 7) is 1.94. The molecule has 2 heterocycles. The lowest BCUT2D eigenvalue weighted by atomic mass is 9.90. The van der Waals surface area contributed by atoms with Gasteiger partial charge in [-0.2, -0.15) is 0 Å². The summed E-state index contributed by atoms with van der Waals surface area (Å²) in [5.41, 5.74) is 2.82. The molecule has 8 nitrogen and oxygen atoms in total. The molecule has 2 amide bonds. The first-order chi connectivity index (χ1) is 16.4. The highest BCUT2D eigenvalue weighted by molar-refractivity contribution is 6.23. The zero-order chi connectivity index (χ0) is 24.0. The van der Waals surface area contributed by atoms with E-state index in [1.165, 1.54) is 19.1 Å². The predicted octanol–water partition coefficient (Wildman–Crippen LogP) is 3.77. The Morgan fingerprint density at radius 3 is 2.06 bits per heavy atom. The van der Waals surface area contributed by atoms with Crippen molar-refractivity contribution in [3.8, 4) is 17.2 Å². The molecule has 1 N–H and O–H groups in total. The Morgan fingerprint density at radius 1 is 0.853 bits per heavy atom. The minimum atomic E-state index is -0.996. The number of carbonyl (C=O) groups is 2. The summed E-state index contributed by atoms with van der Waals surface area (Å²) in [5, 5.41) is 12.0. The summed E-state index contributed by atoms with van der Waals surface area (Å²) < 4.78 is 10.7. The predicted molar refractivity (Wildman–Crippen MR) is 125 cm³/mol. The Kier molecular flexibility index (Phi) is 5.37. The molecule has 2 aliphatic rings. The first-order valence-corrected chi connectivity index (χ1v) is 10.8. The molecule has 0 aromatic heterocycles. The van der Waals surface area contributed by atoms with Crippen molar-refractivity contribution in [1.29, 1.82) is 0 Å². The van der Waals surface area contributed by atoms with E-state index in [0.29, 0.717) is 16.9 Å². The van der Waals surface area contributed by atoms with Crippen LogP contribution in [0.3, 0.4) is 0 Å². The number of anilines is 2. The smallest absolute Gasteiger partial charge is 0.266 e. The normalized spacial score (nSPS) is 21.7. The van der Waals surface area contributed by atoms with Gasteiger partial charge in [-0.25, -0.2) is 9.96 Å². The molecule has 3 atom stereocenters. The number of methoxy groups -OCH3 is 2. The first-order valence-electron chi connectivity index (χ1n) is 10.8. The number of amides is 2. The zero-order valence-corrected chi connectivity index (χ0v) is 19.0. The SMILES string of the molecule is COc1cc([C@H]2[C@H]3C(=O)N(c4ccc(C)cc4)C(=O)[C@H]3ON2c2ccccc2)cc(OC)c1O. The van der Waals surface area contributed by atoms with Crippen molar-refractivity contribution in [3.05, 3.63) is 77.9 Å². The van der Waals surface area contributed by atoms with E-state index in [1.54, 1.807) is 29.3 Å². The lowest BCUT2D eigenvalue weighted by Gasteiger charge is -2.29. The Hall–Kier alpha value is -4.04. The lowest BCUT2D eigenvalue weighted by Crippen LogP contribution is -2.37. The number of phenols is 1. The molecular formula is C26H24N2O6. The molecule has 0 bridgehead atoms. The molecule has 0 spiro atoms. The van der Waals surface area contributed by atoms with Crippen molar-refractivity contribution in [2.24, 2.45) is 5.92 Å². The molecule has 0 aliphatic carbocycles. The number of ether oxygens (including phenoxy) is 2. The third-order valence-corrected chi connectivity index (χ3v) is 6.26. The van der Waals surface area contributed by atoms with Crippen molar-refractivity contribution >= 4 is 23.2 Å². The number of phenolic OH excluding ortho intramolecular Hbond substituents is 1. The number of hydrogen-bond acceptors (Lipinski definition) is 7. The first kappa shape index (κ1) is 21.8. The maximum Gasteiger partial charge on any atom is 0.266 e. The van der Waals surface area contributed by atoms with Crippen LogP contribution < -0.4 is 19.4 Å². The number of nitrogens with zero attached hydrogens (tertiary/aromatic N) is 2. The van der Waals surface area contributed by atoms with Crippen LogP contribution in [0.2, 0.25) is 0 Å². The second-order valence-electron chi connectivity index (χ2n) is 8.28. The van der Waals surface area contributed by atoms with Gasteiger partial charge >= 0.3 is 0 Å². The summed E-state index contributed by atoms with van der Waals surface area (Å²) in [7, 11) is 2.87. The molecule has 0 unspecified atom stereocenters. The number of hydroxylamine groups is 1. The Labute approximate surface area is 196 Å². The van der Waals surface area contributed by atoms with Crippen LogP contribution in [-0.4, -0.2) is 37.2 Å². The molecule has 2 fully saturated rings. The molecular weight excluding hydrogens is 436 g/mol. The van der Waals surface area contributed by atoms with E-state index in [1.807, 2.05) is 49.4 Å². The van der Waals surface area contributed by atoms with E-state index in [0.717, 1.165) is 5.56 Å². The van der Waals surface area contributed by atoms with Gasteiger partial charge in [0, 0.05) is 0 Å². The van der Waals surface area contributed by atoms with Gasteiger partial charge in [0.05, 0.1) is 31.6 Å². The molecule has 8 heteroatoms. The highest BCUT2D eigenvalue weighted by atomic mass is 16.7. The van der Waals surface area contributed by atoms with Crippen LogP contribution in [0.1, 0.15) is 17.2 Å². The van der Waals surface area contributed by atoms with Crippen LogP contribution in [0.4, 0.5) is 11.4 Å². The largest absolute Gasteiger partial charge is 0.502 e. The van der Waals surface area contributed by atoms with Crippen molar-refractivity contribution < 1.29 is 29.0 Å². The average molecular weight is 460 g/mol. The van der Waals surface area contributed by atoms with Crippen molar-refractivity contribution in [3.63, 3.8) is 0 Å². The van der Waals surface area contributed by atoms with Gasteiger partial charge in [0.2, 0.25) is 11.7 Å². The van der Waals surface area contributed by atoms with E-state index >= 15 is 0 Å². The fourth-order valence-corrected chi connectivity index (χ4v) is 4.59. The maximum atomic E-state index is 13.7. The van der Waals surface area contributed by atoms with Crippen LogP contribution in [-0.2, 0) is 14.4 Å². The van der Waals surface area contributed by atoms with Crippen LogP contribution >= 0.6 is 0 Å². The van der Waals surface area contributed by atoms with E-state index in [2.05, 4.69) is 0 Å². The molecule has 2 saturated heterocycles. The number of benzene rings is 3. The molecule has 5 rings (SSSR count). The number of carbonyl (C=O) groups excluding carboxylic acids is 2. The Bertz CT molecular complexity index is 1220. The summed E-state index contributed by atoms with van der Waals surface area (Å²) in [5.74, 6) is -1.34. The molecule has 2 aliphatic heterocycles. The fourth-order valence-electron chi connectivity index (χ4n) is 4.59. The van der Waals surface area contributed by atoms with E-state index < -0.39 is 24.0 Å². The lowest BCUT2D eigenvalue weighted by molar-refractivity contribution is -0.126. The highest BCUT2D eigenvalue weighted by Crippen LogP contribution is 2.50. The summed E-state index contributed by atoms with van der Waals surface area (Å²) in [4.78, 5) is 34.5. The van der Waals surface area contributed by atoms with Gasteiger partial charge in [-0.05, 0) is 48.9 Å². The van der Waals surface area contributed by atoms with Crippen LogP contribution in [0.25, 0.3) is 0 Å². The van der Waals surface area contributed by atoms with Gasteiger partial charge in [0.1, 0.15) is 5.92 Å². The molecule has 0 saturated carbocycles. The summed E-state index contributed by atoms with van der Waals surface area (Å²) >= 11 is 0. The van der Waals surface area contributed by atoms with Gasteiger partial charge in [0.15, 0.2) is 17.6 Å². The second-order valence-corrected chi connectivity index (χ2v) is 8.28. The zero-order valence-electron chi connectivity index (χ0n) is 19.0. The van der Waals surface area contributed by atoms with Crippen molar-refractivity contribution in [1.82, 2.24) is 0 Å². The van der Waals surface area contributed by atoms with Crippen molar-refractivity contribution in [2.45, 2.75) is 19.1 Å². The average Bonchev–Trinajstić information content (AvgIpc) is 3.36. The summed E-state index contributed by atoms with van der Waals surface area (Å²) in [6, 6.07) is 19.1. The van der Waals surface area contributed by atoms with Crippen LogP contribution in [0, 0.1) is 12.8 Å². The monoisotopic (exact) mass is 460 g/mol. The highest BCUT2D eigenvalue weighted by Gasteiger charge is 2.60. The second kappa shape index (κ2) is 8.39. The third-order valence-electron chi connectivity index (χ3n) is 6.26. The third kappa shape index (κ3) is 3.34. The molecule has 174 valence electrons. The van der Waals surface area contributed by atoms with Crippen LogP contribution in [0.15, 0.2) is 66.7 Å². The standard InChI is InChI=1S/C26H24N2O6/c1-15-9-11-17(12-10-15)27-25(30)21-22(16-13-19(32-2)23(29)20(14-16)33-3)28(34-24(21)26(27)31)18-7-5-4-6-8-18/h4-14,21-22,24,29H,1-3H3/t21-,22+,24+/m1/s1. The van der Waals surface area contributed by atoms with Crippen LogP contribution in [0.5, 0.6) is 17.2 Å².